The fourth-order valence-electron chi connectivity index (χ4n) is 2.54. The Morgan fingerprint density at radius 2 is 1.88 bits per heavy atom. The van der Waals surface area contributed by atoms with Gasteiger partial charge in [0.05, 0.1) is 16.1 Å². The lowest BCUT2D eigenvalue weighted by Gasteiger charge is -2.15. The summed E-state index contributed by atoms with van der Waals surface area (Å²) in [5, 5.41) is 4.51. The van der Waals surface area contributed by atoms with Crippen LogP contribution in [0.15, 0.2) is 48.5 Å². The van der Waals surface area contributed by atoms with Crippen molar-refractivity contribution in [3.8, 4) is 0 Å². The molecule has 2 N–H and O–H groups in total. The molecule has 1 atom stereocenters. The third-order valence-electron chi connectivity index (χ3n) is 3.91. The number of nitrogens with one attached hydrogen (secondary N) is 2. The van der Waals surface area contributed by atoms with Crippen LogP contribution in [0.25, 0.3) is 10.9 Å². The molecule has 3 aromatic rings. The van der Waals surface area contributed by atoms with E-state index >= 15 is 0 Å². The van der Waals surface area contributed by atoms with Crippen LogP contribution in [0.3, 0.4) is 0 Å². The average molecular weight is 391 g/mol. The third kappa shape index (κ3) is 4.18. The van der Waals surface area contributed by atoms with Crippen molar-refractivity contribution in [3.05, 3.63) is 69.8 Å². The Morgan fingerprint density at radius 3 is 2.62 bits per heavy atom. The second-order valence-corrected chi connectivity index (χ2v) is 6.62. The molecule has 0 saturated carbocycles. The number of H-pyrrole nitrogens is 1. The lowest BCUT2D eigenvalue weighted by atomic mass is 10.1. The van der Waals surface area contributed by atoms with Gasteiger partial charge < -0.3 is 15.0 Å². The fourth-order valence-corrected chi connectivity index (χ4v) is 2.85. The maximum Gasteiger partial charge on any atom is 0.355 e. The van der Waals surface area contributed by atoms with Crippen LogP contribution in [0, 0.1) is 0 Å². The Labute approximate surface area is 160 Å². The minimum Gasteiger partial charge on any atom is -0.451 e. The SMILES string of the molecule is C[C@H](NC(=O)COC(=O)c1cc2ccccc2[nH]1)c1ccc(Cl)c(Cl)c1. The third-order valence-corrected chi connectivity index (χ3v) is 4.64. The number of rotatable bonds is 5. The molecule has 2 aromatic carbocycles. The molecule has 7 heteroatoms. The smallest absolute Gasteiger partial charge is 0.355 e. The van der Waals surface area contributed by atoms with E-state index in [1.165, 1.54) is 0 Å². The van der Waals surface area contributed by atoms with E-state index in [-0.39, 0.29) is 12.6 Å². The number of aromatic nitrogens is 1. The van der Waals surface area contributed by atoms with Crippen LogP contribution >= 0.6 is 23.2 Å². The number of carbonyl (C=O) groups excluding carboxylic acids is 2. The molecule has 0 saturated heterocycles. The molecule has 0 aliphatic heterocycles. The molecule has 0 radical (unpaired) electrons. The van der Waals surface area contributed by atoms with Gasteiger partial charge >= 0.3 is 5.97 Å². The van der Waals surface area contributed by atoms with E-state index in [0.29, 0.717) is 15.7 Å². The van der Waals surface area contributed by atoms with E-state index in [2.05, 4.69) is 10.3 Å². The van der Waals surface area contributed by atoms with E-state index in [1.807, 2.05) is 24.3 Å². The van der Waals surface area contributed by atoms with Gasteiger partial charge in [0.25, 0.3) is 5.91 Å². The molecule has 1 heterocycles. The number of fused-ring (bicyclic) bond motifs is 1. The zero-order valence-corrected chi connectivity index (χ0v) is 15.4. The van der Waals surface area contributed by atoms with Crippen molar-refractivity contribution in [3.63, 3.8) is 0 Å². The van der Waals surface area contributed by atoms with Gasteiger partial charge in [-0.2, -0.15) is 0 Å². The fraction of sp³-hybridized carbons (Fsp3) is 0.158. The molecule has 1 amide bonds. The Morgan fingerprint density at radius 1 is 1.12 bits per heavy atom. The van der Waals surface area contributed by atoms with Gasteiger partial charge in [-0.1, -0.05) is 47.5 Å². The zero-order chi connectivity index (χ0) is 18.7. The van der Waals surface area contributed by atoms with Gasteiger partial charge in [0.15, 0.2) is 6.61 Å². The quantitative estimate of drug-likeness (QED) is 0.629. The van der Waals surface area contributed by atoms with Gasteiger partial charge in [0, 0.05) is 10.9 Å². The number of para-hydroxylation sites is 1. The van der Waals surface area contributed by atoms with Crippen LogP contribution < -0.4 is 5.32 Å². The lowest BCUT2D eigenvalue weighted by molar-refractivity contribution is -0.124. The van der Waals surface area contributed by atoms with Crippen LogP contribution in [-0.2, 0) is 9.53 Å². The molecular formula is C19H16Cl2N2O3. The number of hydrogen-bond donors (Lipinski definition) is 2. The maximum atomic E-state index is 12.1. The van der Waals surface area contributed by atoms with Gasteiger partial charge in [-0.3, -0.25) is 4.79 Å². The van der Waals surface area contributed by atoms with E-state index in [1.54, 1.807) is 31.2 Å². The zero-order valence-electron chi connectivity index (χ0n) is 13.9. The molecule has 0 unspecified atom stereocenters. The van der Waals surface area contributed by atoms with Gasteiger partial charge in [-0.05, 0) is 36.8 Å². The van der Waals surface area contributed by atoms with E-state index in [4.69, 9.17) is 27.9 Å². The molecule has 26 heavy (non-hydrogen) atoms. The summed E-state index contributed by atoms with van der Waals surface area (Å²) in [6, 6.07) is 14.0. The van der Waals surface area contributed by atoms with Crippen LogP contribution in [0.2, 0.25) is 10.0 Å². The first-order chi connectivity index (χ1) is 12.4. The lowest BCUT2D eigenvalue weighted by Crippen LogP contribution is -2.31. The molecule has 1 aromatic heterocycles. The minimum atomic E-state index is -0.585. The predicted octanol–water partition coefficient (Wildman–Crippen LogP) is 4.51. The number of halogens is 2. The molecule has 134 valence electrons. The molecule has 0 aliphatic carbocycles. The number of hydrogen-bond acceptors (Lipinski definition) is 3. The summed E-state index contributed by atoms with van der Waals surface area (Å²) in [4.78, 5) is 27.1. The Bertz CT molecular complexity index is 935. The van der Waals surface area contributed by atoms with Crippen molar-refractivity contribution in [2.75, 3.05) is 6.61 Å². The first kappa shape index (κ1) is 18.3. The molecule has 5 nitrogen and oxygen atoms in total. The monoisotopic (exact) mass is 390 g/mol. The van der Waals surface area contributed by atoms with E-state index < -0.39 is 11.9 Å². The predicted molar refractivity (Wildman–Crippen MR) is 102 cm³/mol. The molecule has 0 bridgehead atoms. The highest BCUT2D eigenvalue weighted by atomic mass is 35.5. The van der Waals surface area contributed by atoms with Gasteiger partial charge in [-0.25, -0.2) is 4.79 Å². The van der Waals surface area contributed by atoms with Crippen LogP contribution in [0.5, 0.6) is 0 Å². The maximum absolute atomic E-state index is 12.1. The Kier molecular flexibility index (Phi) is 5.49. The standard InChI is InChI=1S/C19H16Cl2N2O3/c1-11(12-6-7-14(20)15(21)8-12)22-18(24)10-26-19(25)17-9-13-4-2-3-5-16(13)23-17/h2-9,11,23H,10H2,1H3,(H,22,24)/t11-/m0/s1. The summed E-state index contributed by atoms with van der Waals surface area (Å²) in [6.45, 7) is 1.43. The van der Waals surface area contributed by atoms with Gasteiger partial charge in [-0.15, -0.1) is 0 Å². The van der Waals surface area contributed by atoms with Crippen LogP contribution in [0.1, 0.15) is 29.0 Å². The first-order valence-electron chi connectivity index (χ1n) is 7.93. The summed E-state index contributed by atoms with van der Waals surface area (Å²) in [5.41, 5.74) is 1.93. The molecule has 0 aliphatic rings. The second-order valence-electron chi connectivity index (χ2n) is 5.81. The number of amides is 1. The normalized spacial score (nSPS) is 12.0. The van der Waals surface area contributed by atoms with Crippen LogP contribution in [0.4, 0.5) is 0 Å². The van der Waals surface area contributed by atoms with Gasteiger partial charge in [0.1, 0.15) is 5.69 Å². The molecule has 0 fully saturated rings. The van der Waals surface area contributed by atoms with Gasteiger partial charge in [0.2, 0.25) is 0 Å². The van der Waals surface area contributed by atoms with Crippen molar-refractivity contribution in [2.24, 2.45) is 0 Å². The molecule has 0 spiro atoms. The molecule has 3 rings (SSSR count). The highest BCUT2D eigenvalue weighted by Gasteiger charge is 2.15. The summed E-state index contributed by atoms with van der Waals surface area (Å²) in [7, 11) is 0. The summed E-state index contributed by atoms with van der Waals surface area (Å²) < 4.78 is 5.07. The summed E-state index contributed by atoms with van der Waals surface area (Å²) >= 11 is 11.9. The average Bonchev–Trinajstić information content (AvgIpc) is 3.06. The van der Waals surface area contributed by atoms with Crippen molar-refractivity contribution >= 4 is 46.0 Å². The second kappa shape index (κ2) is 7.81. The Hall–Kier alpha value is -2.50. The first-order valence-corrected chi connectivity index (χ1v) is 8.69. The minimum absolute atomic E-state index is 0.302. The largest absolute Gasteiger partial charge is 0.451 e. The van der Waals surface area contributed by atoms with E-state index in [9.17, 15) is 9.59 Å². The highest BCUT2D eigenvalue weighted by Crippen LogP contribution is 2.25. The highest BCUT2D eigenvalue weighted by molar-refractivity contribution is 6.42. The number of ether oxygens (including phenoxy) is 1. The number of esters is 1. The van der Waals surface area contributed by atoms with E-state index in [0.717, 1.165) is 16.5 Å². The Balaban J connectivity index is 1.56. The summed E-state index contributed by atoms with van der Waals surface area (Å²) in [6.07, 6.45) is 0. The van der Waals surface area contributed by atoms with Crippen molar-refractivity contribution < 1.29 is 14.3 Å². The topological polar surface area (TPSA) is 71.2 Å². The van der Waals surface area contributed by atoms with Crippen LogP contribution in [-0.4, -0.2) is 23.5 Å². The number of benzene rings is 2. The van der Waals surface area contributed by atoms with Crippen molar-refractivity contribution in [1.29, 1.82) is 0 Å². The molecular weight excluding hydrogens is 375 g/mol. The number of aromatic amines is 1. The number of carbonyl (C=O) groups is 2. The van der Waals surface area contributed by atoms with Crippen molar-refractivity contribution in [2.45, 2.75) is 13.0 Å². The summed E-state index contributed by atoms with van der Waals surface area (Å²) in [5.74, 6) is -0.994. The van der Waals surface area contributed by atoms with Crippen molar-refractivity contribution in [1.82, 2.24) is 10.3 Å².